The third-order valence-corrected chi connectivity index (χ3v) is 5.90. The molecular weight excluding hydrogens is 376 g/mol. The minimum atomic E-state index is -0.0496. The zero-order valence-electron chi connectivity index (χ0n) is 19.0. The third-order valence-electron chi connectivity index (χ3n) is 5.90. The number of benzene rings is 2. The molecule has 0 bridgehead atoms. The Balaban J connectivity index is 1.98. The molecule has 0 aromatic heterocycles. The SMILES string of the molecule is COc1cc2c(cc1OC)[C@H]([C@@H](C)NC(=O)C(C)C)N(Cc1ccc(C)cc1)CC2. The zero-order valence-corrected chi connectivity index (χ0v) is 19.0. The van der Waals surface area contributed by atoms with E-state index in [-0.39, 0.29) is 23.9 Å². The van der Waals surface area contributed by atoms with Crippen LogP contribution in [-0.4, -0.2) is 37.6 Å². The van der Waals surface area contributed by atoms with E-state index in [1.807, 2.05) is 13.8 Å². The van der Waals surface area contributed by atoms with Crippen molar-refractivity contribution in [1.82, 2.24) is 10.2 Å². The van der Waals surface area contributed by atoms with Gasteiger partial charge in [-0.2, -0.15) is 0 Å². The monoisotopic (exact) mass is 410 g/mol. The van der Waals surface area contributed by atoms with E-state index in [4.69, 9.17) is 9.47 Å². The summed E-state index contributed by atoms with van der Waals surface area (Å²) < 4.78 is 11.1. The maximum absolute atomic E-state index is 12.5. The summed E-state index contributed by atoms with van der Waals surface area (Å²) in [7, 11) is 3.33. The van der Waals surface area contributed by atoms with Crippen LogP contribution < -0.4 is 14.8 Å². The number of nitrogens with zero attached hydrogens (tertiary/aromatic N) is 1. The van der Waals surface area contributed by atoms with E-state index in [1.165, 1.54) is 22.3 Å². The summed E-state index contributed by atoms with van der Waals surface area (Å²) in [5, 5.41) is 3.23. The van der Waals surface area contributed by atoms with Gasteiger partial charge in [0.25, 0.3) is 0 Å². The number of rotatable bonds is 7. The molecule has 0 radical (unpaired) electrons. The van der Waals surface area contributed by atoms with Crippen LogP contribution in [0.2, 0.25) is 0 Å². The van der Waals surface area contributed by atoms with Crippen molar-refractivity contribution in [2.45, 2.75) is 52.7 Å². The quantitative estimate of drug-likeness (QED) is 0.741. The number of hydrogen-bond donors (Lipinski definition) is 1. The van der Waals surface area contributed by atoms with Crippen molar-refractivity contribution in [2.75, 3.05) is 20.8 Å². The molecule has 0 saturated carbocycles. The molecule has 0 unspecified atom stereocenters. The van der Waals surface area contributed by atoms with E-state index in [9.17, 15) is 4.79 Å². The fraction of sp³-hybridized carbons (Fsp3) is 0.480. The number of nitrogens with one attached hydrogen (secondary N) is 1. The number of ether oxygens (including phenoxy) is 2. The van der Waals surface area contributed by atoms with Gasteiger partial charge in [-0.3, -0.25) is 9.69 Å². The van der Waals surface area contributed by atoms with Crippen LogP contribution in [0.15, 0.2) is 36.4 Å². The third kappa shape index (κ3) is 4.78. The number of methoxy groups -OCH3 is 2. The van der Waals surface area contributed by atoms with Crippen LogP contribution in [0.4, 0.5) is 0 Å². The molecule has 2 atom stereocenters. The summed E-state index contributed by atoms with van der Waals surface area (Å²) in [6.45, 7) is 9.80. The van der Waals surface area contributed by atoms with Crippen molar-refractivity contribution in [3.8, 4) is 11.5 Å². The molecule has 5 heteroatoms. The first-order chi connectivity index (χ1) is 14.3. The summed E-state index contributed by atoms with van der Waals surface area (Å²) >= 11 is 0. The van der Waals surface area contributed by atoms with Gasteiger partial charge < -0.3 is 14.8 Å². The van der Waals surface area contributed by atoms with E-state index >= 15 is 0 Å². The van der Waals surface area contributed by atoms with Gasteiger partial charge in [0, 0.05) is 25.0 Å². The lowest BCUT2D eigenvalue weighted by molar-refractivity contribution is -0.125. The molecular formula is C25H34N2O3. The first-order valence-corrected chi connectivity index (χ1v) is 10.7. The fourth-order valence-corrected chi connectivity index (χ4v) is 4.19. The van der Waals surface area contributed by atoms with Crippen molar-refractivity contribution < 1.29 is 14.3 Å². The minimum Gasteiger partial charge on any atom is -0.493 e. The lowest BCUT2D eigenvalue weighted by atomic mass is 9.87. The van der Waals surface area contributed by atoms with Gasteiger partial charge in [-0.1, -0.05) is 43.7 Å². The van der Waals surface area contributed by atoms with E-state index in [2.05, 4.69) is 60.5 Å². The van der Waals surface area contributed by atoms with Gasteiger partial charge in [0.05, 0.1) is 20.3 Å². The summed E-state index contributed by atoms with van der Waals surface area (Å²) in [5.74, 6) is 1.50. The first-order valence-electron chi connectivity index (χ1n) is 10.7. The maximum atomic E-state index is 12.5. The summed E-state index contributed by atoms with van der Waals surface area (Å²) in [6.07, 6.45) is 0.933. The second-order valence-electron chi connectivity index (χ2n) is 8.51. The molecule has 5 nitrogen and oxygen atoms in total. The predicted molar refractivity (Wildman–Crippen MR) is 120 cm³/mol. The van der Waals surface area contributed by atoms with E-state index in [1.54, 1.807) is 14.2 Å². The molecule has 1 aliphatic heterocycles. The highest BCUT2D eigenvalue weighted by Crippen LogP contribution is 2.40. The normalized spacial score (nSPS) is 17.4. The summed E-state index contributed by atoms with van der Waals surface area (Å²) in [6, 6.07) is 12.9. The first kappa shape index (κ1) is 22.2. The summed E-state index contributed by atoms with van der Waals surface area (Å²) in [4.78, 5) is 14.9. The van der Waals surface area contributed by atoms with Crippen molar-refractivity contribution in [3.63, 3.8) is 0 Å². The lowest BCUT2D eigenvalue weighted by Gasteiger charge is -2.41. The molecule has 3 rings (SSSR count). The second-order valence-corrected chi connectivity index (χ2v) is 8.51. The Hall–Kier alpha value is -2.53. The van der Waals surface area contributed by atoms with Crippen LogP contribution in [0.3, 0.4) is 0 Å². The second kappa shape index (κ2) is 9.52. The Morgan fingerprint density at radius 1 is 1.10 bits per heavy atom. The highest BCUT2D eigenvalue weighted by molar-refractivity contribution is 5.78. The lowest BCUT2D eigenvalue weighted by Crippen LogP contribution is -2.48. The Morgan fingerprint density at radius 3 is 2.33 bits per heavy atom. The van der Waals surface area contributed by atoms with Crippen molar-refractivity contribution in [2.24, 2.45) is 5.92 Å². The van der Waals surface area contributed by atoms with Gasteiger partial charge in [0.15, 0.2) is 11.5 Å². The molecule has 2 aromatic carbocycles. The van der Waals surface area contributed by atoms with Crippen molar-refractivity contribution in [1.29, 1.82) is 0 Å². The number of amides is 1. The molecule has 0 aliphatic carbocycles. The number of hydrogen-bond acceptors (Lipinski definition) is 4. The highest BCUT2D eigenvalue weighted by Gasteiger charge is 2.34. The Kier molecular flexibility index (Phi) is 7.03. The van der Waals surface area contributed by atoms with E-state index in [0.717, 1.165) is 31.0 Å². The number of carbonyl (C=O) groups is 1. The topological polar surface area (TPSA) is 50.8 Å². The van der Waals surface area contributed by atoms with Crippen LogP contribution in [0.5, 0.6) is 11.5 Å². The molecule has 0 fully saturated rings. The van der Waals surface area contributed by atoms with Gasteiger partial charge in [-0.25, -0.2) is 0 Å². The highest BCUT2D eigenvalue weighted by atomic mass is 16.5. The standard InChI is InChI=1S/C25H34N2O3/c1-16(2)25(28)26-18(4)24-21-14-23(30-6)22(29-5)13-20(21)11-12-27(24)15-19-9-7-17(3)8-10-19/h7-10,13-14,16,18,24H,11-12,15H2,1-6H3,(H,26,28)/t18-,24+/m1/s1. The van der Waals surface area contributed by atoms with Gasteiger partial charge in [0.2, 0.25) is 5.91 Å². The zero-order chi connectivity index (χ0) is 21.8. The van der Waals surface area contributed by atoms with Crippen molar-refractivity contribution >= 4 is 5.91 Å². The molecule has 1 heterocycles. The Bertz CT molecular complexity index is 877. The Labute approximate surface area is 180 Å². The van der Waals surface area contributed by atoms with Crippen LogP contribution in [-0.2, 0) is 17.8 Å². The fourth-order valence-electron chi connectivity index (χ4n) is 4.19. The predicted octanol–water partition coefficient (Wildman–Crippen LogP) is 4.27. The average molecular weight is 411 g/mol. The molecule has 1 amide bonds. The number of fused-ring (bicyclic) bond motifs is 1. The minimum absolute atomic E-state index is 0.0394. The number of carbonyl (C=O) groups excluding carboxylic acids is 1. The van der Waals surface area contributed by atoms with E-state index < -0.39 is 0 Å². The smallest absolute Gasteiger partial charge is 0.222 e. The van der Waals surface area contributed by atoms with E-state index in [0.29, 0.717) is 0 Å². The molecule has 0 spiro atoms. The van der Waals surface area contributed by atoms with Crippen LogP contribution in [0.25, 0.3) is 0 Å². The molecule has 1 N–H and O–H groups in total. The number of aryl methyl sites for hydroxylation is 1. The van der Waals surface area contributed by atoms with Gasteiger partial charge in [0.1, 0.15) is 0 Å². The van der Waals surface area contributed by atoms with Crippen LogP contribution in [0.1, 0.15) is 49.1 Å². The molecule has 30 heavy (non-hydrogen) atoms. The van der Waals surface area contributed by atoms with Gasteiger partial charge in [-0.15, -0.1) is 0 Å². The molecule has 162 valence electrons. The molecule has 2 aromatic rings. The Morgan fingerprint density at radius 2 is 1.73 bits per heavy atom. The largest absolute Gasteiger partial charge is 0.493 e. The molecule has 1 aliphatic rings. The average Bonchev–Trinajstić information content (AvgIpc) is 2.73. The molecule has 0 saturated heterocycles. The summed E-state index contributed by atoms with van der Waals surface area (Å²) in [5.41, 5.74) is 4.98. The van der Waals surface area contributed by atoms with Crippen LogP contribution >= 0.6 is 0 Å². The van der Waals surface area contributed by atoms with Crippen molar-refractivity contribution in [3.05, 3.63) is 58.7 Å². The van der Waals surface area contributed by atoms with Gasteiger partial charge in [-0.05, 0) is 49.1 Å². The van der Waals surface area contributed by atoms with Gasteiger partial charge >= 0.3 is 0 Å². The maximum Gasteiger partial charge on any atom is 0.222 e. The van der Waals surface area contributed by atoms with Crippen LogP contribution in [0, 0.1) is 12.8 Å².